The normalized spacial score (nSPS) is 39.1. The Bertz CT molecular complexity index is 342. The smallest absolute Gasteiger partial charge is 0.151 e. The highest BCUT2D eigenvalue weighted by Gasteiger charge is 2.34. The summed E-state index contributed by atoms with van der Waals surface area (Å²) in [6.07, 6.45) is 1.99. The molecule has 2 saturated heterocycles. The zero-order chi connectivity index (χ0) is 11.8. The van der Waals surface area contributed by atoms with Crippen LogP contribution >= 0.6 is 0 Å². The number of nitrogens with one attached hydrogen (secondary N) is 1. The van der Waals surface area contributed by atoms with Crippen molar-refractivity contribution in [2.75, 3.05) is 31.6 Å². The summed E-state index contributed by atoms with van der Waals surface area (Å²) < 4.78 is 22.9. The Balaban J connectivity index is 1.94. The van der Waals surface area contributed by atoms with Crippen LogP contribution in [-0.4, -0.2) is 57.0 Å². The lowest BCUT2D eigenvalue weighted by atomic mass is 9.96. The van der Waals surface area contributed by atoms with Crippen molar-refractivity contribution in [1.29, 1.82) is 0 Å². The van der Waals surface area contributed by atoms with E-state index in [4.69, 9.17) is 0 Å². The molecular formula is C11H22N2O2S. The number of hydrogen-bond acceptors (Lipinski definition) is 4. The van der Waals surface area contributed by atoms with E-state index in [9.17, 15) is 8.42 Å². The zero-order valence-electron chi connectivity index (χ0n) is 10.1. The minimum Gasteiger partial charge on any atom is -0.315 e. The van der Waals surface area contributed by atoms with Crippen LogP contribution in [0.1, 0.15) is 19.8 Å². The highest BCUT2D eigenvalue weighted by Crippen LogP contribution is 2.22. The summed E-state index contributed by atoms with van der Waals surface area (Å²) in [5.74, 6) is 1.42. The second-order valence-corrected chi connectivity index (χ2v) is 7.60. The SMILES string of the molecule is CC1CNCC(N(C)C2CCS(=O)(=O)C2)C1. The van der Waals surface area contributed by atoms with Gasteiger partial charge in [0, 0.05) is 18.6 Å². The molecule has 0 aromatic carbocycles. The number of rotatable bonds is 2. The molecule has 16 heavy (non-hydrogen) atoms. The maximum Gasteiger partial charge on any atom is 0.151 e. The fourth-order valence-corrected chi connectivity index (χ4v) is 4.62. The maximum atomic E-state index is 11.5. The Hall–Kier alpha value is -0.130. The van der Waals surface area contributed by atoms with Crippen molar-refractivity contribution in [2.24, 2.45) is 5.92 Å². The van der Waals surface area contributed by atoms with Gasteiger partial charge in [0.25, 0.3) is 0 Å². The van der Waals surface area contributed by atoms with E-state index in [-0.39, 0.29) is 6.04 Å². The summed E-state index contributed by atoms with van der Waals surface area (Å²) in [7, 11) is -0.675. The third-order valence-electron chi connectivity index (χ3n) is 3.91. The van der Waals surface area contributed by atoms with Crippen LogP contribution < -0.4 is 5.32 Å². The first-order valence-electron chi connectivity index (χ1n) is 6.11. The van der Waals surface area contributed by atoms with Crippen molar-refractivity contribution >= 4 is 9.84 Å². The molecule has 2 rings (SSSR count). The minimum atomic E-state index is -2.75. The van der Waals surface area contributed by atoms with E-state index in [0.717, 1.165) is 19.5 Å². The van der Waals surface area contributed by atoms with Gasteiger partial charge in [0.1, 0.15) is 0 Å². The highest BCUT2D eigenvalue weighted by atomic mass is 32.2. The van der Waals surface area contributed by atoms with Crippen LogP contribution in [-0.2, 0) is 9.84 Å². The molecule has 4 nitrogen and oxygen atoms in total. The van der Waals surface area contributed by atoms with Crippen molar-refractivity contribution in [3.8, 4) is 0 Å². The lowest BCUT2D eigenvalue weighted by Crippen LogP contribution is -2.50. The standard InChI is InChI=1S/C11H22N2O2S/c1-9-5-11(7-12-6-9)13(2)10-3-4-16(14,15)8-10/h9-12H,3-8H2,1-2H3. The van der Waals surface area contributed by atoms with Crippen molar-refractivity contribution < 1.29 is 8.42 Å². The monoisotopic (exact) mass is 246 g/mol. The summed E-state index contributed by atoms with van der Waals surface area (Å²) in [5.41, 5.74) is 0. The van der Waals surface area contributed by atoms with E-state index < -0.39 is 9.84 Å². The predicted molar refractivity (Wildman–Crippen MR) is 65.3 cm³/mol. The summed E-state index contributed by atoms with van der Waals surface area (Å²) in [4.78, 5) is 2.28. The molecule has 0 radical (unpaired) electrons. The van der Waals surface area contributed by atoms with Gasteiger partial charge in [-0.1, -0.05) is 6.92 Å². The summed E-state index contributed by atoms with van der Waals surface area (Å²) in [5, 5.41) is 3.42. The van der Waals surface area contributed by atoms with Crippen molar-refractivity contribution in [3.05, 3.63) is 0 Å². The first-order valence-corrected chi connectivity index (χ1v) is 7.93. The Morgan fingerprint density at radius 2 is 2.00 bits per heavy atom. The maximum absolute atomic E-state index is 11.5. The summed E-state index contributed by atoms with van der Waals surface area (Å²) in [6.45, 7) is 4.34. The van der Waals surface area contributed by atoms with E-state index in [1.165, 1.54) is 6.42 Å². The average Bonchev–Trinajstić information content (AvgIpc) is 2.58. The molecule has 0 saturated carbocycles. The van der Waals surface area contributed by atoms with Gasteiger partial charge in [0.15, 0.2) is 9.84 Å². The predicted octanol–water partition coefficient (Wildman–Crippen LogP) is 0.103. The van der Waals surface area contributed by atoms with Crippen LogP contribution in [0.5, 0.6) is 0 Å². The first kappa shape index (κ1) is 12.3. The van der Waals surface area contributed by atoms with Crippen molar-refractivity contribution in [1.82, 2.24) is 10.2 Å². The van der Waals surface area contributed by atoms with Gasteiger partial charge in [0.2, 0.25) is 0 Å². The molecule has 3 unspecified atom stereocenters. The molecule has 0 spiro atoms. The second kappa shape index (κ2) is 4.63. The van der Waals surface area contributed by atoms with Gasteiger partial charge in [-0.15, -0.1) is 0 Å². The molecule has 2 aliphatic rings. The van der Waals surface area contributed by atoms with Crippen LogP contribution in [0.4, 0.5) is 0 Å². The lowest BCUT2D eigenvalue weighted by Gasteiger charge is -2.37. The third-order valence-corrected chi connectivity index (χ3v) is 5.66. The molecule has 1 N–H and O–H groups in total. The summed E-state index contributed by atoms with van der Waals surface area (Å²) in [6, 6.07) is 0.740. The molecule has 3 atom stereocenters. The molecule has 2 aliphatic heterocycles. The second-order valence-electron chi connectivity index (χ2n) is 5.38. The number of piperidine rings is 1. The van der Waals surface area contributed by atoms with Gasteiger partial charge >= 0.3 is 0 Å². The quantitative estimate of drug-likeness (QED) is 0.751. The zero-order valence-corrected chi connectivity index (χ0v) is 11.0. The van der Waals surface area contributed by atoms with Gasteiger partial charge in [0.05, 0.1) is 11.5 Å². The average molecular weight is 246 g/mol. The Labute approximate surface area is 98.3 Å². The van der Waals surface area contributed by atoms with E-state index in [1.807, 2.05) is 0 Å². The number of hydrogen-bond donors (Lipinski definition) is 1. The molecule has 5 heteroatoms. The molecule has 0 aliphatic carbocycles. The van der Waals surface area contributed by atoms with Gasteiger partial charge in [-0.2, -0.15) is 0 Å². The molecule has 0 amide bonds. The van der Waals surface area contributed by atoms with Crippen molar-refractivity contribution in [3.63, 3.8) is 0 Å². The van der Waals surface area contributed by atoms with Gasteiger partial charge in [-0.05, 0) is 32.4 Å². The summed E-state index contributed by atoms with van der Waals surface area (Å²) >= 11 is 0. The highest BCUT2D eigenvalue weighted by molar-refractivity contribution is 7.91. The Morgan fingerprint density at radius 1 is 1.25 bits per heavy atom. The van der Waals surface area contributed by atoms with E-state index in [2.05, 4.69) is 24.2 Å². The van der Waals surface area contributed by atoms with Crippen LogP contribution in [0.3, 0.4) is 0 Å². The molecule has 0 bridgehead atoms. The van der Waals surface area contributed by atoms with Gasteiger partial charge in [-0.25, -0.2) is 8.42 Å². The molecule has 2 fully saturated rings. The number of nitrogens with zero attached hydrogens (tertiary/aromatic N) is 1. The Morgan fingerprint density at radius 3 is 2.56 bits per heavy atom. The fraction of sp³-hybridized carbons (Fsp3) is 1.00. The van der Waals surface area contributed by atoms with E-state index in [1.54, 1.807) is 0 Å². The fourth-order valence-electron chi connectivity index (χ4n) is 2.83. The van der Waals surface area contributed by atoms with Gasteiger partial charge < -0.3 is 5.32 Å². The Kier molecular flexibility index (Phi) is 3.56. The molecular weight excluding hydrogens is 224 g/mol. The topological polar surface area (TPSA) is 49.4 Å². The van der Waals surface area contributed by atoms with Crippen LogP contribution in [0.2, 0.25) is 0 Å². The molecule has 94 valence electrons. The van der Waals surface area contributed by atoms with Crippen molar-refractivity contribution in [2.45, 2.75) is 31.8 Å². The van der Waals surface area contributed by atoms with E-state index >= 15 is 0 Å². The number of sulfone groups is 1. The van der Waals surface area contributed by atoms with Crippen LogP contribution in [0.25, 0.3) is 0 Å². The molecule has 0 aromatic heterocycles. The van der Waals surface area contributed by atoms with Crippen LogP contribution in [0.15, 0.2) is 0 Å². The lowest BCUT2D eigenvalue weighted by molar-refractivity contribution is 0.139. The number of likely N-dealkylation sites (N-methyl/N-ethyl adjacent to an activating group) is 1. The third kappa shape index (κ3) is 2.76. The minimum absolute atomic E-state index is 0.238. The van der Waals surface area contributed by atoms with Gasteiger partial charge in [-0.3, -0.25) is 4.90 Å². The molecule has 2 heterocycles. The molecule has 0 aromatic rings. The van der Waals surface area contributed by atoms with Crippen LogP contribution in [0, 0.1) is 5.92 Å². The largest absolute Gasteiger partial charge is 0.315 e. The van der Waals surface area contributed by atoms with E-state index in [0.29, 0.717) is 23.5 Å². The first-order chi connectivity index (χ1) is 7.48.